The van der Waals surface area contributed by atoms with Gasteiger partial charge in [-0.15, -0.1) is 10.2 Å². The van der Waals surface area contributed by atoms with E-state index in [2.05, 4.69) is 15.6 Å². The summed E-state index contributed by atoms with van der Waals surface area (Å²) in [5, 5.41) is 8.77. The summed E-state index contributed by atoms with van der Waals surface area (Å²) < 4.78 is 1.89. The largest absolute Gasteiger partial charge is 0.309 e. The third kappa shape index (κ3) is 2.73. The van der Waals surface area contributed by atoms with Gasteiger partial charge in [-0.3, -0.25) is 10.2 Å². The minimum atomic E-state index is -0.529. The maximum atomic E-state index is 11.5. The van der Waals surface area contributed by atoms with Crippen LogP contribution >= 0.6 is 11.8 Å². The fraction of sp³-hybridized carbons (Fsp3) is 0.667. The van der Waals surface area contributed by atoms with Gasteiger partial charge in [-0.25, -0.2) is 5.84 Å². The summed E-state index contributed by atoms with van der Waals surface area (Å²) in [6.07, 6.45) is 0. The number of amides is 1. The molecule has 0 bridgehead atoms. The second kappa shape index (κ2) is 4.84. The Hall–Kier alpha value is -1.08. The molecular formula is C9H17N5OS. The van der Waals surface area contributed by atoms with E-state index >= 15 is 0 Å². The van der Waals surface area contributed by atoms with E-state index in [1.54, 1.807) is 0 Å². The van der Waals surface area contributed by atoms with Gasteiger partial charge in [0.25, 0.3) is 0 Å². The van der Waals surface area contributed by atoms with Gasteiger partial charge < -0.3 is 4.57 Å². The van der Waals surface area contributed by atoms with Gasteiger partial charge in [0.2, 0.25) is 5.91 Å². The van der Waals surface area contributed by atoms with Gasteiger partial charge >= 0.3 is 0 Å². The van der Waals surface area contributed by atoms with Crippen LogP contribution in [0.15, 0.2) is 5.16 Å². The highest BCUT2D eigenvalue weighted by atomic mass is 32.2. The average molecular weight is 243 g/mol. The van der Waals surface area contributed by atoms with Crippen LogP contribution in [0, 0.1) is 12.3 Å². The van der Waals surface area contributed by atoms with E-state index in [1.807, 2.05) is 32.4 Å². The van der Waals surface area contributed by atoms with Crippen LogP contribution in [0.5, 0.6) is 0 Å². The number of nitrogens with zero attached hydrogens (tertiary/aromatic N) is 3. The second-order valence-corrected chi connectivity index (χ2v) is 5.18. The molecule has 0 fully saturated rings. The Morgan fingerprint density at radius 3 is 2.62 bits per heavy atom. The Bertz CT molecular complexity index is 387. The third-order valence-corrected chi connectivity index (χ3v) is 3.84. The van der Waals surface area contributed by atoms with Gasteiger partial charge in [0.1, 0.15) is 5.82 Å². The number of aromatic nitrogens is 3. The van der Waals surface area contributed by atoms with Crippen LogP contribution in [0.3, 0.4) is 0 Å². The minimum absolute atomic E-state index is 0.182. The number of aryl methyl sites for hydroxylation is 1. The quantitative estimate of drug-likeness (QED) is 0.342. The fourth-order valence-corrected chi connectivity index (χ4v) is 2.06. The van der Waals surface area contributed by atoms with Crippen LogP contribution in [0.25, 0.3) is 0 Å². The van der Waals surface area contributed by atoms with Crippen LogP contribution in [0.1, 0.15) is 19.7 Å². The molecule has 90 valence electrons. The summed E-state index contributed by atoms with van der Waals surface area (Å²) >= 11 is 1.49. The topological polar surface area (TPSA) is 85.8 Å². The normalized spacial score (nSPS) is 11.6. The molecule has 0 radical (unpaired) electrons. The van der Waals surface area contributed by atoms with E-state index in [9.17, 15) is 4.79 Å². The summed E-state index contributed by atoms with van der Waals surface area (Å²) in [6, 6.07) is 0. The average Bonchev–Trinajstić information content (AvgIpc) is 2.56. The van der Waals surface area contributed by atoms with Gasteiger partial charge in [0.05, 0.1) is 5.41 Å². The van der Waals surface area contributed by atoms with Crippen molar-refractivity contribution in [1.29, 1.82) is 0 Å². The Labute approximate surface area is 99.0 Å². The number of hydrogen-bond acceptors (Lipinski definition) is 5. The van der Waals surface area contributed by atoms with E-state index < -0.39 is 5.41 Å². The number of nitrogens with two attached hydrogens (primary N) is 1. The first-order valence-corrected chi connectivity index (χ1v) is 5.87. The molecule has 0 spiro atoms. The van der Waals surface area contributed by atoms with Gasteiger partial charge in [-0.05, 0) is 6.92 Å². The Morgan fingerprint density at radius 1 is 1.56 bits per heavy atom. The number of nitrogens with one attached hydrogen (secondary N) is 1. The van der Waals surface area contributed by atoms with Gasteiger partial charge in [0.15, 0.2) is 5.16 Å². The van der Waals surface area contributed by atoms with Crippen molar-refractivity contribution in [1.82, 2.24) is 20.2 Å². The number of hydrazine groups is 1. The number of hydrogen-bond donors (Lipinski definition) is 2. The summed E-state index contributed by atoms with van der Waals surface area (Å²) in [6.45, 7) is 5.56. The summed E-state index contributed by atoms with van der Waals surface area (Å²) in [5.74, 6) is 6.39. The molecule has 0 atom stereocenters. The zero-order chi connectivity index (χ0) is 12.3. The molecule has 0 saturated carbocycles. The van der Waals surface area contributed by atoms with Crippen molar-refractivity contribution < 1.29 is 4.79 Å². The first-order valence-electron chi connectivity index (χ1n) is 4.88. The maximum absolute atomic E-state index is 11.5. The lowest BCUT2D eigenvalue weighted by molar-refractivity contribution is -0.128. The lowest BCUT2D eigenvalue weighted by Gasteiger charge is -2.21. The molecular weight excluding hydrogens is 226 g/mol. The predicted molar refractivity (Wildman–Crippen MR) is 62.6 cm³/mol. The third-order valence-electron chi connectivity index (χ3n) is 2.36. The molecule has 1 rings (SSSR count). The van der Waals surface area contributed by atoms with Gasteiger partial charge in [-0.1, -0.05) is 25.6 Å². The van der Waals surface area contributed by atoms with E-state index in [-0.39, 0.29) is 5.91 Å². The SMILES string of the molecule is Cc1nnc(SCC(C)(C)C(=O)NN)n1C. The van der Waals surface area contributed by atoms with E-state index in [4.69, 9.17) is 5.84 Å². The highest BCUT2D eigenvalue weighted by molar-refractivity contribution is 7.99. The summed E-state index contributed by atoms with van der Waals surface area (Å²) in [7, 11) is 1.90. The van der Waals surface area contributed by atoms with Crippen molar-refractivity contribution in [2.75, 3.05) is 5.75 Å². The first kappa shape index (κ1) is 13.0. The second-order valence-electron chi connectivity index (χ2n) is 4.23. The Balaban J connectivity index is 2.64. The fourth-order valence-electron chi connectivity index (χ4n) is 1.02. The van der Waals surface area contributed by atoms with Gasteiger partial charge in [-0.2, -0.15) is 0 Å². The number of rotatable bonds is 4. The van der Waals surface area contributed by atoms with Crippen molar-refractivity contribution in [3.8, 4) is 0 Å². The highest BCUT2D eigenvalue weighted by Gasteiger charge is 2.27. The van der Waals surface area contributed by atoms with E-state index in [1.165, 1.54) is 11.8 Å². The van der Waals surface area contributed by atoms with Crippen molar-refractivity contribution in [3.05, 3.63) is 5.82 Å². The molecule has 16 heavy (non-hydrogen) atoms. The van der Waals surface area contributed by atoms with Gasteiger partial charge in [0, 0.05) is 12.8 Å². The summed E-state index contributed by atoms with van der Waals surface area (Å²) in [5.41, 5.74) is 1.64. The number of carbonyl (C=O) groups is 1. The molecule has 0 saturated heterocycles. The van der Waals surface area contributed by atoms with Crippen molar-refractivity contribution in [3.63, 3.8) is 0 Å². The van der Waals surface area contributed by atoms with E-state index in [0.29, 0.717) is 5.75 Å². The number of thioether (sulfide) groups is 1. The Kier molecular flexibility index (Phi) is 3.93. The molecule has 0 aliphatic carbocycles. The van der Waals surface area contributed by atoms with Crippen LogP contribution in [0.4, 0.5) is 0 Å². The molecule has 0 unspecified atom stereocenters. The van der Waals surface area contributed by atoms with Crippen molar-refractivity contribution in [2.45, 2.75) is 25.9 Å². The standard InChI is InChI=1S/C9H17N5OS/c1-6-12-13-8(14(6)4)16-5-9(2,3)7(15)11-10/h5,10H2,1-4H3,(H,11,15). The molecule has 0 aromatic carbocycles. The summed E-state index contributed by atoms with van der Waals surface area (Å²) in [4.78, 5) is 11.5. The minimum Gasteiger partial charge on any atom is -0.309 e. The molecule has 1 aromatic heterocycles. The molecule has 0 aliphatic rings. The Morgan fingerprint density at radius 2 is 2.19 bits per heavy atom. The number of carbonyl (C=O) groups excluding carboxylic acids is 1. The predicted octanol–water partition coefficient (Wildman–Crippen LogP) is 0.232. The lowest BCUT2D eigenvalue weighted by Crippen LogP contribution is -2.42. The highest BCUT2D eigenvalue weighted by Crippen LogP contribution is 2.26. The zero-order valence-electron chi connectivity index (χ0n) is 9.94. The van der Waals surface area contributed by atoms with Crippen LogP contribution in [-0.2, 0) is 11.8 Å². The first-order chi connectivity index (χ1) is 7.38. The van der Waals surface area contributed by atoms with Crippen LogP contribution in [0.2, 0.25) is 0 Å². The monoisotopic (exact) mass is 243 g/mol. The molecule has 7 heteroatoms. The molecule has 0 aliphatic heterocycles. The van der Waals surface area contributed by atoms with Crippen LogP contribution in [-0.4, -0.2) is 26.4 Å². The van der Waals surface area contributed by atoms with Crippen molar-refractivity contribution >= 4 is 17.7 Å². The van der Waals surface area contributed by atoms with Crippen molar-refractivity contribution in [2.24, 2.45) is 18.3 Å². The molecule has 3 N–H and O–H groups in total. The van der Waals surface area contributed by atoms with E-state index in [0.717, 1.165) is 11.0 Å². The zero-order valence-corrected chi connectivity index (χ0v) is 10.8. The van der Waals surface area contributed by atoms with Crippen LogP contribution < -0.4 is 11.3 Å². The maximum Gasteiger partial charge on any atom is 0.240 e. The molecule has 1 aromatic rings. The lowest BCUT2D eigenvalue weighted by atomic mass is 9.96. The smallest absolute Gasteiger partial charge is 0.240 e. The molecule has 1 amide bonds. The molecule has 1 heterocycles. The molecule has 6 nitrogen and oxygen atoms in total.